The molecule has 0 saturated heterocycles. The van der Waals surface area contributed by atoms with Crippen LogP contribution in [0.5, 0.6) is 5.75 Å². The minimum Gasteiger partial charge on any atom is -0.488 e. The van der Waals surface area contributed by atoms with Crippen molar-refractivity contribution in [2.75, 3.05) is 11.9 Å². The number of nitrogens with one attached hydrogen (secondary N) is 1. The van der Waals surface area contributed by atoms with Crippen molar-refractivity contribution in [1.29, 1.82) is 0 Å². The lowest BCUT2D eigenvalue weighted by atomic mass is 9.91. The maximum Gasteiger partial charge on any atom is 0.226 e. The Kier molecular flexibility index (Phi) is 2.76. The highest BCUT2D eigenvalue weighted by atomic mass is 16.5. The molecule has 2 aliphatic rings. The smallest absolute Gasteiger partial charge is 0.226 e. The Balaban J connectivity index is 1.73. The maximum absolute atomic E-state index is 6.00. The topological polar surface area (TPSA) is 52.0 Å². The van der Waals surface area contributed by atoms with E-state index in [-0.39, 0.29) is 6.04 Å². The van der Waals surface area contributed by atoms with Gasteiger partial charge in [-0.2, -0.15) is 10.1 Å². The summed E-state index contributed by atoms with van der Waals surface area (Å²) in [6.45, 7) is 2.63. The summed E-state index contributed by atoms with van der Waals surface area (Å²) < 4.78 is 7.93. The second-order valence-electron chi connectivity index (χ2n) is 6.15. The molecule has 1 N–H and O–H groups in total. The highest BCUT2D eigenvalue weighted by Crippen LogP contribution is 2.43. The van der Waals surface area contributed by atoms with E-state index in [4.69, 9.17) is 4.74 Å². The third kappa shape index (κ3) is 1.88. The summed E-state index contributed by atoms with van der Waals surface area (Å²) >= 11 is 0. The van der Waals surface area contributed by atoms with Gasteiger partial charge in [-0.15, -0.1) is 0 Å². The molecular formula is C19H16N4O. The fourth-order valence-corrected chi connectivity index (χ4v) is 3.44. The van der Waals surface area contributed by atoms with E-state index in [9.17, 15) is 0 Å². The van der Waals surface area contributed by atoms with Crippen LogP contribution in [0.2, 0.25) is 0 Å². The van der Waals surface area contributed by atoms with Gasteiger partial charge < -0.3 is 10.1 Å². The number of benzene rings is 2. The van der Waals surface area contributed by atoms with Crippen LogP contribution in [0.25, 0.3) is 5.70 Å². The van der Waals surface area contributed by atoms with Gasteiger partial charge in [0.25, 0.3) is 0 Å². The van der Waals surface area contributed by atoms with Crippen LogP contribution in [0.15, 0.2) is 60.4 Å². The second-order valence-corrected chi connectivity index (χ2v) is 6.15. The Morgan fingerprint density at radius 2 is 1.96 bits per heavy atom. The molecule has 118 valence electrons. The molecule has 0 saturated carbocycles. The van der Waals surface area contributed by atoms with Gasteiger partial charge in [-0.05, 0) is 24.6 Å². The lowest BCUT2D eigenvalue weighted by molar-refractivity contribution is 0.328. The first-order valence-electron chi connectivity index (χ1n) is 7.99. The molecule has 0 bridgehead atoms. The molecule has 0 unspecified atom stereocenters. The molecule has 2 aliphatic heterocycles. The van der Waals surface area contributed by atoms with Gasteiger partial charge in [-0.25, -0.2) is 4.68 Å². The Hall–Kier alpha value is -3.08. The van der Waals surface area contributed by atoms with Crippen LogP contribution in [-0.4, -0.2) is 21.4 Å². The summed E-state index contributed by atoms with van der Waals surface area (Å²) in [7, 11) is 0. The van der Waals surface area contributed by atoms with Crippen molar-refractivity contribution in [3.8, 4) is 5.75 Å². The second kappa shape index (κ2) is 4.96. The first kappa shape index (κ1) is 13.4. The van der Waals surface area contributed by atoms with E-state index < -0.39 is 0 Å². The van der Waals surface area contributed by atoms with Gasteiger partial charge in [-0.1, -0.05) is 42.0 Å². The molecule has 5 heteroatoms. The molecule has 0 spiro atoms. The van der Waals surface area contributed by atoms with Crippen molar-refractivity contribution in [2.45, 2.75) is 13.0 Å². The van der Waals surface area contributed by atoms with Crippen molar-refractivity contribution < 1.29 is 4.74 Å². The van der Waals surface area contributed by atoms with Gasteiger partial charge in [0.2, 0.25) is 5.95 Å². The van der Waals surface area contributed by atoms with E-state index in [0.717, 1.165) is 23.0 Å². The van der Waals surface area contributed by atoms with Crippen LogP contribution in [0.3, 0.4) is 0 Å². The Morgan fingerprint density at radius 1 is 1.12 bits per heavy atom. The third-order valence-corrected chi connectivity index (χ3v) is 4.64. The zero-order valence-electron chi connectivity index (χ0n) is 13.2. The van der Waals surface area contributed by atoms with E-state index in [1.807, 2.05) is 22.9 Å². The van der Waals surface area contributed by atoms with E-state index >= 15 is 0 Å². The number of nitrogens with zero attached hydrogens (tertiary/aromatic N) is 3. The first-order chi connectivity index (χ1) is 11.8. The highest BCUT2D eigenvalue weighted by molar-refractivity contribution is 5.84. The van der Waals surface area contributed by atoms with Gasteiger partial charge in [0.15, 0.2) is 0 Å². The van der Waals surface area contributed by atoms with E-state index in [1.165, 1.54) is 16.7 Å². The van der Waals surface area contributed by atoms with Gasteiger partial charge in [0, 0.05) is 11.1 Å². The quantitative estimate of drug-likeness (QED) is 0.747. The molecule has 0 radical (unpaired) electrons. The van der Waals surface area contributed by atoms with Gasteiger partial charge in [0.05, 0.1) is 5.70 Å². The van der Waals surface area contributed by atoms with Gasteiger partial charge >= 0.3 is 0 Å². The summed E-state index contributed by atoms with van der Waals surface area (Å²) in [5, 5.41) is 7.87. The van der Waals surface area contributed by atoms with Crippen LogP contribution < -0.4 is 10.1 Å². The van der Waals surface area contributed by atoms with Crippen LogP contribution in [0.1, 0.15) is 22.7 Å². The number of aryl methyl sites for hydroxylation is 1. The predicted octanol–water partition coefficient (Wildman–Crippen LogP) is 3.41. The Labute approximate surface area is 139 Å². The van der Waals surface area contributed by atoms with Crippen molar-refractivity contribution in [3.05, 3.63) is 77.1 Å². The van der Waals surface area contributed by atoms with E-state index in [0.29, 0.717) is 6.61 Å². The molecule has 5 rings (SSSR count). The standard InChI is InChI=1S/C19H16N4O/c1-12-6-8-13(9-7-12)18-15-10-24-16-5-3-2-4-14(16)17(15)22-19-20-11-21-23(18)19/h2-9,11,18H,10H2,1H3,(H,20,21,22)/t18-/m1/s1. The molecule has 1 atom stereocenters. The summed E-state index contributed by atoms with van der Waals surface area (Å²) in [4.78, 5) is 4.38. The molecule has 3 heterocycles. The van der Waals surface area contributed by atoms with Gasteiger partial charge in [0.1, 0.15) is 24.7 Å². The number of para-hydroxylation sites is 1. The molecule has 0 fully saturated rings. The van der Waals surface area contributed by atoms with E-state index in [2.05, 4.69) is 52.7 Å². The number of fused-ring (bicyclic) bond motifs is 3. The van der Waals surface area contributed by atoms with Crippen LogP contribution >= 0.6 is 0 Å². The predicted molar refractivity (Wildman–Crippen MR) is 91.8 cm³/mol. The average molecular weight is 316 g/mol. The van der Waals surface area contributed by atoms with Crippen molar-refractivity contribution in [2.24, 2.45) is 0 Å². The molecule has 1 aromatic heterocycles. The molecule has 0 amide bonds. The fraction of sp³-hybridized carbons (Fsp3) is 0.158. The highest BCUT2D eigenvalue weighted by Gasteiger charge is 2.34. The summed E-state index contributed by atoms with van der Waals surface area (Å²) in [6, 6.07) is 16.7. The number of rotatable bonds is 1. The minimum atomic E-state index is -0.00675. The molecule has 3 aromatic rings. The number of hydrogen-bond donors (Lipinski definition) is 1. The number of hydrogen-bond acceptors (Lipinski definition) is 4. The monoisotopic (exact) mass is 316 g/mol. The maximum atomic E-state index is 6.00. The Morgan fingerprint density at radius 3 is 2.83 bits per heavy atom. The number of ether oxygens (including phenoxy) is 1. The number of anilines is 1. The zero-order valence-corrected chi connectivity index (χ0v) is 13.2. The lowest BCUT2D eigenvalue weighted by Crippen LogP contribution is -2.30. The lowest BCUT2D eigenvalue weighted by Gasteiger charge is -2.34. The van der Waals surface area contributed by atoms with E-state index in [1.54, 1.807) is 6.33 Å². The number of aromatic nitrogens is 3. The van der Waals surface area contributed by atoms with Gasteiger partial charge in [-0.3, -0.25) is 0 Å². The first-order valence-corrected chi connectivity index (χ1v) is 7.99. The SMILES string of the molecule is Cc1ccc([C@@H]2C3=C(Nc4ncnn42)c2ccccc2OC3)cc1. The fourth-order valence-electron chi connectivity index (χ4n) is 3.44. The van der Waals surface area contributed by atoms with Crippen LogP contribution in [0.4, 0.5) is 5.95 Å². The van der Waals surface area contributed by atoms with Crippen molar-refractivity contribution in [1.82, 2.24) is 14.8 Å². The van der Waals surface area contributed by atoms with Crippen LogP contribution in [0, 0.1) is 6.92 Å². The Bertz CT molecular complexity index is 956. The van der Waals surface area contributed by atoms with Crippen LogP contribution in [-0.2, 0) is 0 Å². The summed E-state index contributed by atoms with van der Waals surface area (Å²) in [6.07, 6.45) is 1.59. The van der Waals surface area contributed by atoms with Crippen molar-refractivity contribution >= 4 is 11.6 Å². The summed E-state index contributed by atoms with van der Waals surface area (Å²) in [5.41, 5.74) is 5.76. The average Bonchev–Trinajstić information content (AvgIpc) is 3.09. The largest absolute Gasteiger partial charge is 0.488 e. The zero-order chi connectivity index (χ0) is 16.1. The molecule has 0 aliphatic carbocycles. The molecule has 2 aromatic carbocycles. The molecule has 5 nitrogen and oxygen atoms in total. The molecule has 24 heavy (non-hydrogen) atoms. The molecular weight excluding hydrogens is 300 g/mol. The van der Waals surface area contributed by atoms with Crippen molar-refractivity contribution in [3.63, 3.8) is 0 Å². The minimum absolute atomic E-state index is 0.00675. The normalized spacial score (nSPS) is 18.1. The summed E-state index contributed by atoms with van der Waals surface area (Å²) in [5.74, 6) is 1.66. The third-order valence-electron chi connectivity index (χ3n) is 4.64.